The number of halogens is 1. The van der Waals surface area contributed by atoms with Crippen molar-refractivity contribution >= 4 is 45.9 Å². The first-order valence-corrected chi connectivity index (χ1v) is 10.7. The largest absolute Gasteiger partial charge is 0.384 e. The molecule has 0 fully saturated rings. The van der Waals surface area contributed by atoms with Crippen LogP contribution in [0.2, 0.25) is 5.02 Å². The van der Waals surface area contributed by atoms with E-state index in [1.165, 1.54) is 4.57 Å². The molecule has 3 aromatic heterocycles. The second-order valence-corrected chi connectivity index (χ2v) is 7.94. The number of nitriles is 1. The lowest BCUT2D eigenvalue weighted by Crippen LogP contribution is -2.25. The summed E-state index contributed by atoms with van der Waals surface area (Å²) in [6, 6.07) is 8.80. The Morgan fingerprint density at radius 3 is 2.74 bits per heavy atom. The lowest BCUT2D eigenvalue weighted by Gasteiger charge is -2.16. The van der Waals surface area contributed by atoms with Crippen molar-refractivity contribution in [1.82, 2.24) is 24.5 Å². The summed E-state index contributed by atoms with van der Waals surface area (Å²) in [5.41, 5.74) is 18.9. The predicted octanol–water partition coefficient (Wildman–Crippen LogP) is 2.20. The van der Waals surface area contributed by atoms with Gasteiger partial charge < -0.3 is 22.5 Å². The summed E-state index contributed by atoms with van der Waals surface area (Å²) < 4.78 is 1.51. The molecule has 0 saturated heterocycles. The maximum absolute atomic E-state index is 13.5. The van der Waals surface area contributed by atoms with E-state index >= 15 is 0 Å². The van der Waals surface area contributed by atoms with Crippen molar-refractivity contribution in [3.8, 4) is 11.8 Å². The molecule has 4 rings (SSSR count). The highest BCUT2D eigenvalue weighted by atomic mass is 35.5. The topological polar surface area (TPSA) is 187 Å². The number of nitrogens with one attached hydrogen (secondary N) is 1. The monoisotopic (exact) mass is 476 g/mol. The van der Waals surface area contributed by atoms with E-state index in [9.17, 15) is 10.1 Å². The Kier molecular flexibility index (Phi) is 6.16. The van der Waals surface area contributed by atoms with Crippen molar-refractivity contribution in [1.29, 1.82) is 5.26 Å². The van der Waals surface area contributed by atoms with Crippen LogP contribution in [0.5, 0.6) is 0 Å². The standard InChI is InChI=1S/C22H21ClN10O/c1-11-8-16(25)29-10-15(11)33-17(30-14-5-2-4-13(23)18(14)21(33)34)6-3-7-28-20-12(9-24)19(26)31-22(27)32-20/h2,4-5,8,10H,3,6-7H2,1H3,(H2,25,29)(H5,26,27,28,31,32). The van der Waals surface area contributed by atoms with Gasteiger partial charge in [0, 0.05) is 13.0 Å². The van der Waals surface area contributed by atoms with Gasteiger partial charge in [-0.25, -0.2) is 9.97 Å². The first-order chi connectivity index (χ1) is 16.3. The highest BCUT2D eigenvalue weighted by Gasteiger charge is 2.17. The van der Waals surface area contributed by atoms with Crippen LogP contribution in [0, 0.1) is 18.3 Å². The number of aromatic nitrogens is 5. The molecule has 34 heavy (non-hydrogen) atoms. The molecular weight excluding hydrogens is 456 g/mol. The predicted molar refractivity (Wildman–Crippen MR) is 132 cm³/mol. The van der Waals surface area contributed by atoms with Crippen LogP contribution in [-0.4, -0.2) is 31.0 Å². The summed E-state index contributed by atoms with van der Waals surface area (Å²) in [5.74, 6) is 1.10. The molecule has 11 nitrogen and oxygen atoms in total. The molecule has 0 atom stereocenters. The van der Waals surface area contributed by atoms with Gasteiger partial charge in [-0.2, -0.15) is 15.2 Å². The normalized spacial score (nSPS) is 10.9. The van der Waals surface area contributed by atoms with Crippen molar-refractivity contribution in [3.63, 3.8) is 0 Å². The van der Waals surface area contributed by atoms with Crippen LogP contribution < -0.4 is 28.1 Å². The second-order valence-electron chi connectivity index (χ2n) is 7.53. The SMILES string of the molecule is Cc1cc(N)ncc1-n1c(CCCNc2nc(N)nc(N)c2C#N)nc2cccc(Cl)c2c1=O. The molecule has 12 heteroatoms. The van der Waals surface area contributed by atoms with Gasteiger partial charge >= 0.3 is 0 Å². The number of nitrogens with two attached hydrogens (primary N) is 3. The molecule has 0 saturated carbocycles. The van der Waals surface area contributed by atoms with E-state index in [-0.39, 0.29) is 28.7 Å². The van der Waals surface area contributed by atoms with E-state index in [1.807, 2.05) is 13.0 Å². The van der Waals surface area contributed by atoms with Crippen LogP contribution >= 0.6 is 11.6 Å². The van der Waals surface area contributed by atoms with Crippen LogP contribution in [0.25, 0.3) is 16.6 Å². The van der Waals surface area contributed by atoms with Gasteiger partial charge in [0.1, 0.15) is 29.1 Å². The first-order valence-electron chi connectivity index (χ1n) is 10.3. The summed E-state index contributed by atoms with van der Waals surface area (Å²) in [6.45, 7) is 2.25. The molecule has 0 radical (unpaired) electrons. The number of nitrogen functional groups attached to an aromatic ring is 3. The third-order valence-electron chi connectivity index (χ3n) is 5.20. The van der Waals surface area contributed by atoms with Gasteiger partial charge in [-0.3, -0.25) is 9.36 Å². The zero-order valence-corrected chi connectivity index (χ0v) is 19.0. The quantitative estimate of drug-likeness (QED) is 0.300. The number of benzene rings is 1. The molecule has 7 N–H and O–H groups in total. The molecule has 172 valence electrons. The summed E-state index contributed by atoms with van der Waals surface area (Å²) in [5, 5.41) is 13.0. The number of rotatable bonds is 6. The Labute approximate surface area is 199 Å². The van der Waals surface area contributed by atoms with Gasteiger partial charge in [-0.1, -0.05) is 17.7 Å². The summed E-state index contributed by atoms with van der Waals surface area (Å²) in [7, 11) is 0. The third-order valence-corrected chi connectivity index (χ3v) is 5.51. The van der Waals surface area contributed by atoms with Crippen LogP contribution in [-0.2, 0) is 6.42 Å². The number of hydrogen-bond acceptors (Lipinski definition) is 10. The molecule has 0 spiro atoms. The summed E-state index contributed by atoms with van der Waals surface area (Å²) in [4.78, 5) is 30.2. The minimum atomic E-state index is -0.295. The van der Waals surface area contributed by atoms with E-state index in [2.05, 4.69) is 20.3 Å². The van der Waals surface area contributed by atoms with Crippen molar-refractivity contribution in [2.24, 2.45) is 0 Å². The molecule has 4 aromatic rings. The molecule has 0 bridgehead atoms. The van der Waals surface area contributed by atoms with Gasteiger partial charge in [0.15, 0.2) is 5.82 Å². The lowest BCUT2D eigenvalue weighted by atomic mass is 10.2. The Morgan fingerprint density at radius 1 is 1.21 bits per heavy atom. The molecule has 0 aliphatic carbocycles. The van der Waals surface area contributed by atoms with Crippen LogP contribution in [0.1, 0.15) is 23.4 Å². The molecular formula is C22H21ClN10O. The lowest BCUT2D eigenvalue weighted by molar-refractivity contribution is 0.750. The Hall–Kier alpha value is -4.43. The van der Waals surface area contributed by atoms with Crippen LogP contribution in [0.15, 0.2) is 35.3 Å². The molecule has 0 amide bonds. The summed E-state index contributed by atoms with van der Waals surface area (Å²) in [6.07, 6.45) is 2.52. The summed E-state index contributed by atoms with van der Waals surface area (Å²) >= 11 is 6.33. The number of nitrogens with zero attached hydrogens (tertiary/aromatic N) is 6. The fraction of sp³-hybridized carbons (Fsp3) is 0.182. The van der Waals surface area contributed by atoms with Gasteiger partial charge in [0.25, 0.3) is 5.56 Å². The van der Waals surface area contributed by atoms with E-state index in [4.69, 9.17) is 33.8 Å². The number of pyridine rings is 1. The maximum atomic E-state index is 13.5. The molecule has 1 aromatic carbocycles. The second kappa shape index (κ2) is 9.21. The van der Waals surface area contributed by atoms with E-state index < -0.39 is 0 Å². The number of aryl methyl sites for hydroxylation is 2. The zero-order valence-electron chi connectivity index (χ0n) is 18.2. The van der Waals surface area contributed by atoms with Crippen LogP contribution in [0.3, 0.4) is 0 Å². The Morgan fingerprint density at radius 2 is 2.00 bits per heavy atom. The molecule has 3 heterocycles. The van der Waals surface area contributed by atoms with Crippen molar-refractivity contribution in [2.45, 2.75) is 19.8 Å². The third kappa shape index (κ3) is 4.26. The average Bonchev–Trinajstić information content (AvgIpc) is 2.77. The van der Waals surface area contributed by atoms with E-state index in [1.54, 1.807) is 30.5 Å². The van der Waals surface area contributed by atoms with Gasteiger partial charge in [0.2, 0.25) is 5.95 Å². The fourth-order valence-corrected chi connectivity index (χ4v) is 3.89. The minimum Gasteiger partial charge on any atom is -0.384 e. The van der Waals surface area contributed by atoms with Gasteiger partial charge in [0.05, 0.1) is 27.8 Å². The fourth-order valence-electron chi connectivity index (χ4n) is 3.64. The minimum absolute atomic E-state index is 0.00531. The molecule has 0 aliphatic rings. The highest BCUT2D eigenvalue weighted by molar-refractivity contribution is 6.35. The zero-order chi connectivity index (χ0) is 24.4. The van der Waals surface area contributed by atoms with E-state index in [0.717, 1.165) is 5.56 Å². The van der Waals surface area contributed by atoms with Crippen molar-refractivity contribution in [3.05, 3.63) is 62.8 Å². The molecule has 0 unspecified atom stereocenters. The average molecular weight is 477 g/mol. The smallest absolute Gasteiger partial charge is 0.267 e. The van der Waals surface area contributed by atoms with Gasteiger partial charge in [-0.15, -0.1) is 0 Å². The number of hydrogen-bond donors (Lipinski definition) is 4. The van der Waals surface area contributed by atoms with E-state index in [0.29, 0.717) is 52.6 Å². The molecule has 0 aliphatic heterocycles. The number of anilines is 4. The van der Waals surface area contributed by atoms with Crippen LogP contribution in [0.4, 0.5) is 23.4 Å². The Bertz CT molecular complexity index is 1510. The Balaban J connectivity index is 1.69. The van der Waals surface area contributed by atoms with Crippen molar-refractivity contribution in [2.75, 3.05) is 29.1 Å². The maximum Gasteiger partial charge on any atom is 0.267 e. The van der Waals surface area contributed by atoms with Gasteiger partial charge in [-0.05, 0) is 37.1 Å². The first kappa shape index (κ1) is 22.8. The number of fused-ring (bicyclic) bond motifs is 1. The van der Waals surface area contributed by atoms with Crippen molar-refractivity contribution < 1.29 is 0 Å². The highest BCUT2D eigenvalue weighted by Crippen LogP contribution is 2.23.